The summed E-state index contributed by atoms with van der Waals surface area (Å²) in [4.78, 5) is 0. The van der Waals surface area contributed by atoms with E-state index in [9.17, 15) is 4.39 Å². The fraction of sp³-hybridized carbons (Fsp3) is 0.217. The third-order valence-electron chi connectivity index (χ3n) is 4.66. The normalized spacial score (nSPS) is 11.7. The van der Waals surface area contributed by atoms with Crippen LogP contribution >= 0.6 is 12.4 Å². The highest BCUT2D eigenvalue weighted by Crippen LogP contribution is 2.32. The second-order valence-electron chi connectivity index (χ2n) is 6.66. The number of fused-ring (bicyclic) bond motifs is 1. The number of halogens is 2. The van der Waals surface area contributed by atoms with Crippen molar-refractivity contribution in [2.24, 2.45) is 0 Å². The Kier molecular flexibility index (Phi) is 7.38. The van der Waals surface area contributed by atoms with Crippen molar-refractivity contribution < 1.29 is 23.3 Å². The molecule has 0 fully saturated rings. The Hall–Kier alpha value is -2.96. The molecule has 0 saturated carbocycles. The van der Waals surface area contributed by atoms with Crippen LogP contribution in [0.2, 0.25) is 0 Å². The summed E-state index contributed by atoms with van der Waals surface area (Å²) in [5.74, 6) is 2.47. The van der Waals surface area contributed by atoms with E-state index in [0.29, 0.717) is 30.2 Å². The minimum Gasteiger partial charge on any atom is -0.493 e. The van der Waals surface area contributed by atoms with E-state index in [1.807, 2.05) is 36.4 Å². The fourth-order valence-electron chi connectivity index (χ4n) is 3.11. The fourth-order valence-corrected chi connectivity index (χ4v) is 3.11. The number of rotatable bonds is 8. The van der Waals surface area contributed by atoms with Gasteiger partial charge in [-0.15, -0.1) is 12.4 Å². The van der Waals surface area contributed by atoms with Crippen LogP contribution in [0.3, 0.4) is 0 Å². The quantitative estimate of drug-likeness (QED) is 0.552. The van der Waals surface area contributed by atoms with Crippen molar-refractivity contribution in [2.45, 2.75) is 19.7 Å². The van der Waals surface area contributed by atoms with Gasteiger partial charge in [-0.05, 0) is 41.5 Å². The molecule has 1 aliphatic heterocycles. The first-order valence-electron chi connectivity index (χ1n) is 9.35. The van der Waals surface area contributed by atoms with Gasteiger partial charge in [0.1, 0.15) is 12.4 Å². The van der Waals surface area contributed by atoms with E-state index in [4.69, 9.17) is 18.9 Å². The summed E-state index contributed by atoms with van der Waals surface area (Å²) < 4.78 is 35.7. The third-order valence-corrected chi connectivity index (χ3v) is 4.66. The lowest BCUT2D eigenvalue weighted by Gasteiger charge is -2.13. The van der Waals surface area contributed by atoms with Crippen LogP contribution in [0.5, 0.6) is 23.0 Å². The third kappa shape index (κ3) is 5.14. The average Bonchev–Trinajstić information content (AvgIpc) is 3.21. The van der Waals surface area contributed by atoms with Crippen LogP contribution in [-0.4, -0.2) is 13.9 Å². The number of nitrogens with one attached hydrogen (secondary N) is 1. The van der Waals surface area contributed by atoms with E-state index in [1.165, 1.54) is 6.07 Å². The minimum atomic E-state index is -0.282. The minimum absolute atomic E-state index is 0. The highest BCUT2D eigenvalue weighted by atomic mass is 35.5. The second kappa shape index (κ2) is 10.2. The monoisotopic (exact) mass is 431 g/mol. The van der Waals surface area contributed by atoms with Gasteiger partial charge in [0.25, 0.3) is 0 Å². The molecule has 0 atom stereocenters. The molecule has 1 heterocycles. The Morgan fingerprint density at radius 3 is 2.43 bits per heavy atom. The Bertz CT molecular complexity index is 999. The molecule has 0 saturated heterocycles. The molecule has 1 aliphatic rings. The molecule has 4 rings (SSSR count). The van der Waals surface area contributed by atoms with Crippen molar-refractivity contribution in [1.29, 1.82) is 0 Å². The smallest absolute Gasteiger partial charge is 0.231 e. The maximum Gasteiger partial charge on any atom is 0.231 e. The molecule has 3 aromatic carbocycles. The van der Waals surface area contributed by atoms with E-state index >= 15 is 0 Å². The van der Waals surface area contributed by atoms with Gasteiger partial charge in [-0.3, -0.25) is 0 Å². The molecule has 0 bridgehead atoms. The highest BCUT2D eigenvalue weighted by molar-refractivity contribution is 5.85. The van der Waals surface area contributed by atoms with Gasteiger partial charge in [0.05, 0.1) is 7.11 Å². The van der Waals surface area contributed by atoms with E-state index in [2.05, 4.69) is 5.32 Å². The van der Waals surface area contributed by atoms with Gasteiger partial charge in [0, 0.05) is 18.7 Å². The molecular formula is C23H23ClFNO4. The van der Waals surface area contributed by atoms with E-state index in [-0.39, 0.29) is 31.6 Å². The number of methoxy groups -OCH3 is 1. The molecule has 30 heavy (non-hydrogen) atoms. The van der Waals surface area contributed by atoms with Crippen LogP contribution in [0.4, 0.5) is 4.39 Å². The molecule has 3 aromatic rings. The van der Waals surface area contributed by atoms with Crippen LogP contribution in [-0.2, 0) is 19.7 Å². The second-order valence-corrected chi connectivity index (χ2v) is 6.66. The Labute approximate surface area is 181 Å². The van der Waals surface area contributed by atoms with Crippen LogP contribution in [0.15, 0.2) is 60.7 Å². The molecule has 158 valence electrons. The molecule has 0 aliphatic carbocycles. The lowest BCUT2D eigenvalue weighted by molar-refractivity contribution is 0.174. The predicted molar refractivity (Wildman–Crippen MR) is 114 cm³/mol. The molecule has 0 unspecified atom stereocenters. The standard InChI is InChI=1S/C23H22FNO4.ClH/c1-26-22-10-16(6-8-20(22)27-14-18-4-2-3-5-19(18)24)12-25-13-17-7-9-21-23(11-17)29-15-28-21;/h2-11,25H,12-15H2,1H3;1H. The zero-order valence-electron chi connectivity index (χ0n) is 16.5. The zero-order chi connectivity index (χ0) is 20.1. The van der Waals surface area contributed by atoms with Crippen LogP contribution < -0.4 is 24.3 Å². The first kappa shape index (κ1) is 21.7. The maximum absolute atomic E-state index is 13.8. The Morgan fingerprint density at radius 1 is 0.900 bits per heavy atom. The van der Waals surface area contributed by atoms with Gasteiger partial charge >= 0.3 is 0 Å². The van der Waals surface area contributed by atoms with Crippen molar-refractivity contribution in [3.63, 3.8) is 0 Å². The zero-order valence-corrected chi connectivity index (χ0v) is 17.3. The van der Waals surface area contributed by atoms with Gasteiger partial charge in [-0.1, -0.05) is 30.3 Å². The summed E-state index contributed by atoms with van der Waals surface area (Å²) in [6.07, 6.45) is 0. The van der Waals surface area contributed by atoms with E-state index < -0.39 is 0 Å². The Morgan fingerprint density at radius 2 is 1.63 bits per heavy atom. The SMILES string of the molecule is COc1cc(CNCc2ccc3c(c2)OCO3)ccc1OCc1ccccc1F.Cl. The molecule has 0 aromatic heterocycles. The van der Waals surface area contributed by atoms with E-state index in [0.717, 1.165) is 22.6 Å². The average molecular weight is 432 g/mol. The summed E-state index contributed by atoms with van der Waals surface area (Å²) in [5, 5.41) is 3.40. The topological polar surface area (TPSA) is 49.0 Å². The number of hydrogen-bond acceptors (Lipinski definition) is 5. The molecule has 0 spiro atoms. The van der Waals surface area contributed by atoms with Gasteiger partial charge in [0.15, 0.2) is 23.0 Å². The molecule has 0 amide bonds. The summed E-state index contributed by atoms with van der Waals surface area (Å²) in [5.41, 5.74) is 2.68. The molecule has 0 radical (unpaired) electrons. The first-order chi connectivity index (χ1) is 14.2. The lowest BCUT2D eigenvalue weighted by Crippen LogP contribution is -2.12. The Balaban J connectivity index is 0.00000256. The van der Waals surface area contributed by atoms with Crippen molar-refractivity contribution in [2.75, 3.05) is 13.9 Å². The number of hydrogen-bond donors (Lipinski definition) is 1. The summed E-state index contributed by atoms with van der Waals surface area (Å²) in [6, 6.07) is 18.2. The molecule has 5 nitrogen and oxygen atoms in total. The summed E-state index contributed by atoms with van der Waals surface area (Å²) >= 11 is 0. The van der Waals surface area contributed by atoms with Crippen LogP contribution in [0, 0.1) is 5.82 Å². The maximum atomic E-state index is 13.8. The van der Waals surface area contributed by atoms with Crippen LogP contribution in [0.1, 0.15) is 16.7 Å². The van der Waals surface area contributed by atoms with Crippen molar-refractivity contribution in [3.8, 4) is 23.0 Å². The summed E-state index contributed by atoms with van der Waals surface area (Å²) in [7, 11) is 1.59. The largest absolute Gasteiger partial charge is 0.493 e. The van der Waals surface area contributed by atoms with Crippen molar-refractivity contribution in [3.05, 3.63) is 83.2 Å². The number of benzene rings is 3. The van der Waals surface area contributed by atoms with E-state index in [1.54, 1.807) is 25.3 Å². The molecule has 7 heteroatoms. The van der Waals surface area contributed by atoms with Gasteiger partial charge in [-0.25, -0.2) is 4.39 Å². The van der Waals surface area contributed by atoms with Crippen molar-refractivity contribution >= 4 is 12.4 Å². The van der Waals surface area contributed by atoms with Crippen molar-refractivity contribution in [1.82, 2.24) is 5.32 Å². The highest BCUT2D eigenvalue weighted by Gasteiger charge is 2.13. The van der Waals surface area contributed by atoms with Gasteiger partial charge < -0.3 is 24.3 Å². The lowest BCUT2D eigenvalue weighted by atomic mass is 10.1. The predicted octanol–water partition coefficient (Wildman–Crippen LogP) is 4.85. The van der Waals surface area contributed by atoms with Gasteiger partial charge in [-0.2, -0.15) is 0 Å². The number of ether oxygens (including phenoxy) is 4. The van der Waals surface area contributed by atoms with Crippen LogP contribution in [0.25, 0.3) is 0 Å². The molecule has 1 N–H and O–H groups in total. The first-order valence-corrected chi connectivity index (χ1v) is 9.35. The van der Waals surface area contributed by atoms with Gasteiger partial charge in [0.2, 0.25) is 6.79 Å². The summed E-state index contributed by atoms with van der Waals surface area (Å²) in [6.45, 7) is 1.78. The molecular weight excluding hydrogens is 409 g/mol.